The van der Waals surface area contributed by atoms with Gasteiger partial charge in [0.1, 0.15) is 11.9 Å². The molecule has 1 unspecified atom stereocenters. The van der Waals surface area contributed by atoms with Gasteiger partial charge in [-0.05, 0) is 51.0 Å². The van der Waals surface area contributed by atoms with Crippen LogP contribution in [0.1, 0.15) is 26.7 Å². The maximum absolute atomic E-state index is 13.7. The van der Waals surface area contributed by atoms with Crippen molar-refractivity contribution in [3.63, 3.8) is 0 Å². The average Bonchev–Trinajstić information content (AvgIpc) is 2.71. The Balaban J connectivity index is 0.00000420. The number of pyridine rings is 1. The second-order valence-corrected chi connectivity index (χ2v) is 6.35. The van der Waals surface area contributed by atoms with Crippen LogP contribution in [0.4, 0.5) is 10.2 Å². The molecule has 2 aromatic rings. The van der Waals surface area contributed by atoms with Crippen LogP contribution >= 0.6 is 24.0 Å². The van der Waals surface area contributed by atoms with Crippen molar-refractivity contribution in [1.82, 2.24) is 15.6 Å². The average molecular weight is 515 g/mol. The number of hydrogen-bond donors (Lipinski definition) is 3. The number of nitrogens with zero attached hydrogens (tertiary/aromatic N) is 2. The number of aliphatic imine (C=N–C) groups is 1. The summed E-state index contributed by atoms with van der Waals surface area (Å²) in [5, 5.41) is 9.82. The molecule has 0 fully saturated rings. The zero-order valence-electron chi connectivity index (χ0n) is 17.0. The molecule has 0 bridgehead atoms. The molecule has 8 heteroatoms. The number of rotatable bonds is 11. The van der Waals surface area contributed by atoms with Gasteiger partial charge in [-0.25, -0.2) is 14.4 Å². The molecule has 1 heterocycles. The number of aromatic nitrogens is 1. The Kier molecular flexibility index (Phi) is 12.8. The second-order valence-electron chi connectivity index (χ2n) is 6.35. The number of ether oxygens (including phenoxy) is 1. The van der Waals surface area contributed by atoms with Crippen LogP contribution in [-0.4, -0.2) is 43.2 Å². The van der Waals surface area contributed by atoms with Crippen LogP contribution in [0.3, 0.4) is 0 Å². The van der Waals surface area contributed by atoms with Crippen LogP contribution in [0.5, 0.6) is 5.75 Å². The Morgan fingerprint density at radius 2 is 1.86 bits per heavy atom. The van der Waals surface area contributed by atoms with Gasteiger partial charge >= 0.3 is 0 Å². The summed E-state index contributed by atoms with van der Waals surface area (Å²) in [5.74, 6) is 1.53. The van der Waals surface area contributed by atoms with Gasteiger partial charge in [-0.3, -0.25) is 0 Å². The van der Waals surface area contributed by atoms with Crippen molar-refractivity contribution < 1.29 is 9.13 Å². The summed E-state index contributed by atoms with van der Waals surface area (Å²) >= 11 is 0. The molecule has 0 saturated heterocycles. The minimum absolute atomic E-state index is 0. The molecule has 2 rings (SSSR count). The highest BCUT2D eigenvalue weighted by molar-refractivity contribution is 14.0. The Hall–Kier alpha value is -2.10. The highest BCUT2D eigenvalue weighted by Crippen LogP contribution is 2.16. The Morgan fingerprint density at radius 3 is 2.59 bits per heavy atom. The smallest absolute Gasteiger partial charge is 0.191 e. The van der Waals surface area contributed by atoms with Gasteiger partial charge in [-0.15, -0.1) is 24.0 Å². The van der Waals surface area contributed by atoms with Gasteiger partial charge in [0.2, 0.25) is 0 Å². The number of nitrogens with one attached hydrogen (secondary N) is 3. The van der Waals surface area contributed by atoms with Crippen LogP contribution in [0.15, 0.2) is 53.7 Å². The molecule has 160 valence electrons. The molecule has 0 saturated carbocycles. The maximum atomic E-state index is 13.7. The first-order valence-electron chi connectivity index (χ1n) is 9.77. The van der Waals surface area contributed by atoms with Gasteiger partial charge in [0.25, 0.3) is 0 Å². The van der Waals surface area contributed by atoms with E-state index in [-0.39, 0.29) is 41.6 Å². The van der Waals surface area contributed by atoms with Crippen molar-refractivity contribution in [3.05, 3.63) is 54.5 Å². The fourth-order valence-corrected chi connectivity index (χ4v) is 2.50. The van der Waals surface area contributed by atoms with E-state index in [0.29, 0.717) is 6.54 Å². The molecule has 0 aliphatic heterocycles. The molecule has 6 nitrogen and oxygen atoms in total. The largest absolute Gasteiger partial charge is 0.486 e. The standard InChI is InChI=1S/C21H30FN5O.HI/c1-3-23-21(26-15-9-8-14-25-20-12-6-7-13-24-20)27-16-17(2)28-19-11-5-4-10-18(19)22;/h4-7,10-13,17H,3,8-9,14-16H2,1-2H3,(H,24,25)(H2,23,26,27);1H. The normalized spacial score (nSPS) is 11.9. The fraction of sp³-hybridized carbons (Fsp3) is 0.429. The molecule has 0 amide bonds. The highest BCUT2D eigenvalue weighted by atomic mass is 127. The lowest BCUT2D eigenvalue weighted by molar-refractivity contribution is 0.220. The van der Waals surface area contributed by atoms with Gasteiger partial charge in [0.15, 0.2) is 17.5 Å². The molecule has 0 radical (unpaired) electrons. The number of unbranched alkanes of at least 4 members (excludes halogenated alkanes) is 1. The van der Waals surface area contributed by atoms with Crippen molar-refractivity contribution in [1.29, 1.82) is 0 Å². The van der Waals surface area contributed by atoms with Crippen LogP contribution in [0, 0.1) is 5.82 Å². The van der Waals surface area contributed by atoms with Crippen molar-refractivity contribution in [2.75, 3.05) is 31.5 Å². The predicted octanol–water partition coefficient (Wildman–Crippen LogP) is 4.05. The lowest BCUT2D eigenvalue weighted by Gasteiger charge is -2.15. The van der Waals surface area contributed by atoms with E-state index in [1.807, 2.05) is 32.0 Å². The number of anilines is 1. The molecule has 1 atom stereocenters. The second kappa shape index (κ2) is 14.8. The summed E-state index contributed by atoms with van der Waals surface area (Å²) in [5.41, 5.74) is 0. The predicted molar refractivity (Wildman–Crippen MR) is 128 cm³/mol. The van der Waals surface area contributed by atoms with Crippen molar-refractivity contribution in [2.45, 2.75) is 32.8 Å². The van der Waals surface area contributed by atoms with E-state index in [1.54, 1.807) is 24.4 Å². The quantitative estimate of drug-likeness (QED) is 0.182. The molecular weight excluding hydrogens is 484 g/mol. The first-order chi connectivity index (χ1) is 13.7. The van der Waals surface area contributed by atoms with Crippen molar-refractivity contribution >= 4 is 35.8 Å². The Labute approximate surface area is 189 Å². The third kappa shape index (κ3) is 10.3. The van der Waals surface area contributed by atoms with Crippen LogP contribution in [0.25, 0.3) is 0 Å². The minimum Gasteiger partial charge on any atom is -0.486 e. The third-order valence-electron chi connectivity index (χ3n) is 3.88. The van der Waals surface area contributed by atoms with Gasteiger partial charge in [0.05, 0.1) is 6.54 Å². The Morgan fingerprint density at radius 1 is 1.10 bits per heavy atom. The van der Waals surface area contributed by atoms with Crippen molar-refractivity contribution in [3.8, 4) is 5.75 Å². The van der Waals surface area contributed by atoms with Gasteiger partial charge < -0.3 is 20.7 Å². The summed E-state index contributed by atoms with van der Waals surface area (Å²) in [7, 11) is 0. The number of halogens is 2. The summed E-state index contributed by atoms with van der Waals surface area (Å²) in [4.78, 5) is 8.76. The molecule has 0 spiro atoms. The lowest BCUT2D eigenvalue weighted by atomic mass is 10.3. The van der Waals surface area contributed by atoms with Gasteiger partial charge in [-0.1, -0.05) is 18.2 Å². The van der Waals surface area contributed by atoms with E-state index in [2.05, 4.69) is 25.9 Å². The monoisotopic (exact) mass is 515 g/mol. The topological polar surface area (TPSA) is 70.6 Å². The molecule has 1 aromatic carbocycles. The van der Waals surface area contributed by atoms with E-state index in [9.17, 15) is 4.39 Å². The van der Waals surface area contributed by atoms with Crippen LogP contribution in [0.2, 0.25) is 0 Å². The molecule has 1 aromatic heterocycles. The number of benzene rings is 1. The van der Waals surface area contributed by atoms with Crippen LogP contribution < -0.4 is 20.7 Å². The number of para-hydroxylation sites is 1. The van der Waals surface area contributed by atoms with Gasteiger partial charge in [0, 0.05) is 25.8 Å². The fourth-order valence-electron chi connectivity index (χ4n) is 2.50. The third-order valence-corrected chi connectivity index (χ3v) is 3.88. The SMILES string of the molecule is CCNC(=NCC(C)Oc1ccccc1F)NCCCCNc1ccccn1.I. The minimum atomic E-state index is -0.359. The molecule has 0 aliphatic carbocycles. The molecule has 3 N–H and O–H groups in total. The van der Waals surface area contributed by atoms with Crippen molar-refractivity contribution in [2.24, 2.45) is 4.99 Å². The van der Waals surface area contributed by atoms with Crippen LogP contribution in [-0.2, 0) is 0 Å². The Bertz CT molecular complexity index is 717. The zero-order chi connectivity index (χ0) is 20.0. The summed E-state index contributed by atoms with van der Waals surface area (Å²) < 4.78 is 19.3. The number of hydrogen-bond acceptors (Lipinski definition) is 4. The summed E-state index contributed by atoms with van der Waals surface area (Å²) in [6.07, 6.45) is 3.58. The summed E-state index contributed by atoms with van der Waals surface area (Å²) in [6, 6.07) is 12.2. The lowest BCUT2D eigenvalue weighted by Crippen LogP contribution is -2.38. The molecule has 29 heavy (non-hydrogen) atoms. The number of guanidine groups is 1. The van der Waals surface area contributed by atoms with E-state index < -0.39 is 0 Å². The first kappa shape index (κ1) is 24.9. The van der Waals surface area contributed by atoms with Gasteiger partial charge in [-0.2, -0.15) is 0 Å². The zero-order valence-corrected chi connectivity index (χ0v) is 19.4. The molecular formula is C21H31FIN5O. The van der Waals surface area contributed by atoms with E-state index in [0.717, 1.165) is 44.3 Å². The van der Waals surface area contributed by atoms with E-state index in [4.69, 9.17) is 4.74 Å². The first-order valence-corrected chi connectivity index (χ1v) is 9.77. The molecule has 0 aliphatic rings. The van der Waals surface area contributed by atoms with E-state index >= 15 is 0 Å². The highest BCUT2D eigenvalue weighted by Gasteiger charge is 2.08. The van der Waals surface area contributed by atoms with E-state index in [1.165, 1.54) is 6.07 Å². The maximum Gasteiger partial charge on any atom is 0.191 e. The summed E-state index contributed by atoms with van der Waals surface area (Å²) in [6.45, 7) is 6.80.